The zero-order valence-corrected chi connectivity index (χ0v) is 13.4. The van der Waals surface area contributed by atoms with E-state index in [1.54, 1.807) is 6.92 Å². The first-order chi connectivity index (χ1) is 8.47. The molecule has 0 aliphatic heterocycles. The molecule has 0 aromatic carbocycles. The van der Waals surface area contributed by atoms with Crippen LogP contribution in [-0.4, -0.2) is 31.1 Å². The van der Waals surface area contributed by atoms with Gasteiger partial charge >= 0.3 is 5.97 Å². The first-order valence-electron chi connectivity index (χ1n) is 6.28. The average Bonchev–Trinajstić information content (AvgIpc) is 2.35. The Labute approximate surface area is 115 Å². The van der Waals surface area contributed by atoms with Crippen LogP contribution in [0.1, 0.15) is 27.7 Å². The van der Waals surface area contributed by atoms with E-state index < -0.39 is 8.07 Å². The second kappa shape index (κ2) is 8.20. The number of rotatable bonds is 7. The molecular formula is C11H23N3O2SSi. The minimum atomic E-state index is -1.92. The van der Waals surface area contributed by atoms with Crippen molar-refractivity contribution in [2.24, 2.45) is 10.8 Å². The number of hydrazone groups is 1. The van der Waals surface area contributed by atoms with Crippen molar-refractivity contribution in [3.63, 3.8) is 0 Å². The molecule has 0 aliphatic carbocycles. The molecule has 0 aromatic heterocycles. The van der Waals surface area contributed by atoms with E-state index in [0.717, 1.165) is 18.1 Å². The Morgan fingerprint density at radius 1 is 1.28 bits per heavy atom. The van der Waals surface area contributed by atoms with E-state index in [1.165, 1.54) is 0 Å². The molecule has 0 rings (SSSR count). The minimum absolute atomic E-state index is 0.0583. The van der Waals surface area contributed by atoms with Crippen molar-refractivity contribution in [1.29, 1.82) is 0 Å². The summed E-state index contributed by atoms with van der Waals surface area (Å²) in [4.78, 5) is 12.0. The quantitative estimate of drug-likeness (QED) is 0.246. The number of nitrogens with one attached hydrogen (secondary N) is 1. The molecule has 0 bridgehead atoms. The normalized spacial score (nSPS) is 12.1. The molecule has 104 valence electrons. The molecule has 3 N–H and O–H groups in total. The number of hydrogen-bond donors (Lipinski definition) is 2. The molecule has 0 fully saturated rings. The van der Waals surface area contributed by atoms with Crippen molar-refractivity contribution in [3.8, 4) is 0 Å². The van der Waals surface area contributed by atoms with Gasteiger partial charge in [-0.3, -0.25) is 5.43 Å². The van der Waals surface area contributed by atoms with Crippen LogP contribution in [0.5, 0.6) is 0 Å². The SMILES string of the molecule is CCOC(=O)/C(=N\NC(N)=S)[Si](CC)(CC)CC. The van der Waals surface area contributed by atoms with Gasteiger partial charge in [-0.1, -0.05) is 38.9 Å². The van der Waals surface area contributed by atoms with Gasteiger partial charge in [0.1, 0.15) is 13.4 Å². The summed E-state index contributed by atoms with van der Waals surface area (Å²) >= 11 is 4.72. The fraction of sp³-hybridized carbons (Fsp3) is 0.727. The van der Waals surface area contributed by atoms with E-state index in [1.807, 2.05) is 0 Å². The highest BCUT2D eigenvalue weighted by atomic mass is 32.1. The fourth-order valence-electron chi connectivity index (χ4n) is 1.94. The third kappa shape index (κ3) is 4.38. The van der Waals surface area contributed by atoms with Gasteiger partial charge in [0.25, 0.3) is 0 Å². The lowest BCUT2D eigenvalue weighted by Gasteiger charge is -2.27. The molecule has 0 heterocycles. The summed E-state index contributed by atoms with van der Waals surface area (Å²) in [5, 5.41) is 4.68. The maximum Gasteiger partial charge on any atom is 0.349 e. The van der Waals surface area contributed by atoms with Crippen molar-refractivity contribution in [1.82, 2.24) is 5.43 Å². The molecule has 0 saturated heterocycles. The van der Waals surface area contributed by atoms with Gasteiger partial charge in [0, 0.05) is 0 Å². The summed E-state index contributed by atoms with van der Waals surface area (Å²) < 4.78 is 5.09. The molecule has 0 amide bonds. The summed E-state index contributed by atoms with van der Waals surface area (Å²) in [6.45, 7) is 8.40. The van der Waals surface area contributed by atoms with Crippen LogP contribution in [0.2, 0.25) is 18.1 Å². The van der Waals surface area contributed by atoms with Crippen LogP contribution in [0.15, 0.2) is 5.10 Å². The maximum absolute atomic E-state index is 12.0. The van der Waals surface area contributed by atoms with Gasteiger partial charge in [0.2, 0.25) is 0 Å². The van der Waals surface area contributed by atoms with Gasteiger partial charge < -0.3 is 10.5 Å². The maximum atomic E-state index is 12.0. The highest BCUT2D eigenvalue weighted by Crippen LogP contribution is 2.22. The van der Waals surface area contributed by atoms with E-state index >= 15 is 0 Å². The number of nitrogens with two attached hydrogens (primary N) is 1. The molecule has 0 spiro atoms. The van der Waals surface area contributed by atoms with Crippen LogP contribution in [-0.2, 0) is 9.53 Å². The summed E-state index contributed by atoms with van der Waals surface area (Å²) in [6, 6.07) is 2.82. The highest BCUT2D eigenvalue weighted by Gasteiger charge is 2.38. The van der Waals surface area contributed by atoms with E-state index in [-0.39, 0.29) is 11.1 Å². The van der Waals surface area contributed by atoms with Crippen molar-refractivity contribution >= 4 is 36.7 Å². The molecule has 7 heteroatoms. The van der Waals surface area contributed by atoms with Gasteiger partial charge in [0.15, 0.2) is 5.11 Å². The van der Waals surface area contributed by atoms with Crippen molar-refractivity contribution < 1.29 is 9.53 Å². The molecule has 0 radical (unpaired) electrons. The van der Waals surface area contributed by atoms with Crippen LogP contribution in [0, 0.1) is 0 Å². The fourth-order valence-corrected chi connectivity index (χ4v) is 5.29. The number of carbonyl (C=O) groups is 1. The third-order valence-corrected chi connectivity index (χ3v) is 8.75. The number of hydrogen-bond acceptors (Lipinski definition) is 4. The molecule has 0 aromatic rings. The number of nitrogens with zero attached hydrogens (tertiary/aromatic N) is 1. The molecule has 0 atom stereocenters. The van der Waals surface area contributed by atoms with Crippen molar-refractivity contribution in [2.75, 3.05) is 6.61 Å². The zero-order valence-electron chi connectivity index (χ0n) is 11.6. The largest absolute Gasteiger partial charge is 0.462 e. The van der Waals surface area contributed by atoms with Crippen molar-refractivity contribution in [3.05, 3.63) is 0 Å². The van der Waals surface area contributed by atoms with Gasteiger partial charge in [-0.2, -0.15) is 5.10 Å². The summed E-state index contributed by atoms with van der Waals surface area (Å²) in [6.07, 6.45) is 0. The van der Waals surface area contributed by atoms with E-state index in [2.05, 4.69) is 31.3 Å². The number of thiocarbonyl (C=S) groups is 1. The highest BCUT2D eigenvalue weighted by molar-refractivity contribution is 7.80. The van der Waals surface area contributed by atoms with Crippen LogP contribution in [0.4, 0.5) is 0 Å². The lowest BCUT2D eigenvalue weighted by atomic mass is 10.7. The Balaban J connectivity index is 5.35. The Hall–Kier alpha value is -0.953. The van der Waals surface area contributed by atoms with E-state index in [9.17, 15) is 4.79 Å². The molecule has 18 heavy (non-hydrogen) atoms. The zero-order chi connectivity index (χ0) is 14.2. The summed E-state index contributed by atoms with van der Waals surface area (Å²) in [7, 11) is -1.92. The van der Waals surface area contributed by atoms with E-state index in [4.69, 9.17) is 22.7 Å². The Kier molecular flexibility index (Phi) is 7.77. The number of ether oxygens (including phenoxy) is 1. The standard InChI is InChI=1S/C11H23N3O2SSi/c1-5-16-10(15)9(13-14-11(12)17)18(6-2,7-3)8-4/h5-8H2,1-4H3,(H3,12,14,17)/b13-9+. The molecule has 5 nitrogen and oxygen atoms in total. The molecule has 0 saturated carbocycles. The average molecular weight is 289 g/mol. The predicted octanol–water partition coefficient (Wildman–Crippen LogP) is 1.79. The Morgan fingerprint density at radius 3 is 2.11 bits per heavy atom. The Morgan fingerprint density at radius 2 is 1.78 bits per heavy atom. The summed E-state index contributed by atoms with van der Waals surface area (Å²) in [5.41, 5.74) is 7.88. The topological polar surface area (TPSA) is 76.7 Å². The third-order valence-electron chi connectivity index (χ3n) is 3.28. The lowest BCUT2D eigenvalue weighted by molar-refractivity contribution is -0.134. The molecule has 0 unspecified atom stereocenters. The van der Waals surface area contributed by atoms with Gasteiger partial charge in [-0.15, -0.1) is 0 Å². The van der Waals surface area contributed by atoms with Crippen LogP contribution in [0.3, 0.4) is 0 Å². The van der Waals surface area contributed by atoms with Gasteiger partial charge in [0.05, 0.1) is 6.61 Å². The van der Waals surface area contributed by atoms with Crippen molar-refractivity contribution in [2.45, 2.75) is 45.8 Å². The smallest absolute Gasteiger partial charge is 0.349 e. The number of carbonyl (C=O) groups excluding carboxylic acids is 1. The molecular weight excluding hydrogens is 266 g/mol. The summed E-state index contributed by atoms with van der Waals surface area (Å²) in [5.74, 6) is -0.349. The Bertz CT molecular complexity index is 322. The monoisotopic (exact) mass is 289 g/mol. The van der Waals surface area contributed by atoms with E-state index in [0.29, 0.717) is 11.9 Å². The van der Waals surface area contributed by atoms with Crippen LogP contribution >= 0.6 is 12.2 Å². The first kappa shape index (κ1) is 17.0. The minimum Gasteiger partial charge on any atom is -0.462 e. The van der Waals surface area contributed by atoms with Gasteiger partial charge in [-0.05, 0) is 19.1 Å². The predicted molar refractivity (Wildman–Crippen MR) is 81.2 cm³/mol. The molecule has 0 aliphatic rings. The first-order valence-corrected chi connectivity index (χ1v) is 9.31. The van der Waals surface area contributed by atoms with Crippen LogP contribution < -0.4 is 11.2 Å². The number of esters is 1. The second-order valence-electron chi connectivity index (χ2n) is 4.00. The lowest BCUT2D eigenvalue weighted by Crippen LogP contribution is -2.48. The van der Waals surface area contributed by atoms with Crippen LogP contribution in [0.25, 0.3) is 0 Å². The van der Waals surface area contributed by atoms with Gasteiger partial charge in [-0.25, -0.2) is 4.79 Å². The second-order valence-corrected chi connectivity index (χ2v) is 9.59.